The number of nitrogens with one attached hydrogen (secondary N) is 1. The van der Waals surface area contributed by atoms with Crippen LogP contribution in [-0.2, 0) is 9.53 Å². The van der Waals surface area contributed by atoms with Crippen molar-refractivity contribution in [2.45, 2.75) is 17.7 Å². The van der Waals surface area contributed by atoms with E-state index in [0.29, 0.717) is 0 Å². The highest BCUT2D eigenvalue weighted by molar-refractivity contribution is 7.99. The number of ether oxygens (including phenoxy) is 1. The van der Waals surface area contributed by atoms with Gasteiger partial charge < -0.3 is 15.2 Å². The molecular formula is C19H19NO4S. The molecule has 0 spiro atoms. The molecule has 1 atom stereocenters. The van der Waals surface area contributed by atoms with E-state index in [1.807, 2.05) is 24.3 Å². The van der Waals surface area contributed by atoms with E-state index >= 15 is 0 Å². The lowest BCUT2D eigenvalue weighted by atomic mass is 9.98. The van der Waals surface area contributed by atoms with Gasteiger partial charge in [0.2, 0.25) is 0 Å². The summed E-state index contributed by atoms with van der Waals surface area (Å²) in [5.74, 6) is -0.969. The van der Waals surface area contributed by atoms with Crippen molar-refractivity contribution in [3.63, 3.8) is 0 Å². The van der Waals surface area contributed by atoms with Crippen LogP contribution in [0, 0.1) is 0 Å². The zero-order chi connectivity index (χ0) is 17.8. The van der Waals surface area contributed by atoms with Crippen molar-refractivity contribution in [1.29, 1.82) is 0 Å². The molecule has 0 heterocycles. The molecule has 2 aromatic carbocycles. The smallest absolute Gasteiger partial charge is 0.408 e. The summed E-state index contributed by atoms with van der Waals surface area (Å²) in [6, 6.07) is 16.2. The van der Waals surface area contributed by atoms with E-state index in [1.165, 1.54) is 22.9 Å². The van der Waals surface area contributed by atoms with Crippen LogP contribution >= 0.6 is 11.8 Å². The lowest BCUT2D eigenvalue weighted by Gasteiger charge is -2.17. The average molecular weight is 357 g/mol. The molecule has 1 aliphatic carbocycles. The van der Waals surface area contributed by atoms with E-state index in [4.69, 9.17) is 9.84 Å². The molecule has 0 bridgehead atoms. The van der Waals surface area contributed by atoms with E-state index in [2.05, 4.69) is 29.6 Å². The maximum Gasteiger partial charge on any atom is 0.408 e. The van der Waals surface area contributed by atoms with Crippen LogP contribution in [0.5, 0.6) is 0 Å². The number of hydrogen-bond acceptors (Lipinski definition) is 4. The van der Waals surface area contributed by atoms with Crippen LogP contribution < -0.4 is 5.32 Å². The highest BCUT2D eigenvalue weighted by atomic mass is 32.2. The molecule has 0 fully saturated rings. The summed E-state index contributed by atoms with van der Waals surface area (Å²) in [7, 11) is 0. The number of thioether (sulfide) groups is 1. The molecule has 0 aromatic heterocycles. The number of amides is 1. The predicted molar refractivity (Wildman–Crippen MR) is 97.8 cm³/mol. The third-order valence-electron chi connectivity index (χ3n) is 4.27. The van der Waals surface area contributed by atoms with E-state index in [9.17, 15) is 9.59 Å². The fourth-order valence-electron chi connectivity index (χ4n) is 3.12. The lowest BCUT2D eigenvalue weighted by molar-refractivity contribution is -0.137. The second-order valence-corrected chi connectivity index (χ2v) is 6.83. The summed E-state index contributed by atoms with van der Waals surface area (Å²) >= 11 is 1.27. The Kier molecular flexibility index (Phi) is 5.28. The van der Waals surface area contributed by atoms with Crippen LogP contribution in [-0.4, -0.2) is 35.4 Å². The molecule has 2 N–H and O–H groups in total. The molecule has 5 nitrogen and oxygen atoms in total. The van der Waals surface area contributed by atoms with E-state index in [0.717, 1.165) is 11.1 Å². The van der Waals surface area contributed by atoms with Gasteiger partial charge in [-0.2, -0.15) is 0 Å². The Morgan fingerprint density at radius 1 is 1.12 bits per heavy atom. The van der Waals surface area contributed by atoms with Crippen molar-refractivity contribution in [3.05, 3.63) is 59.7 Å². The van der Waals surface area contributed by atoms with Gasteiger partial charge in [0.15, 0.2) is 0 Å². The summed E-state index contributed by atoms with van der Waals surface area (Å²) < 4.78 is 5.40. The first-order chi connectivity index (χ1) is 12.1. The van der Waals surface area contributed by atoms with Gasteiger partial charge in [-0.15, -0.1) is 11.8 Å². The minimum Gasteiger partial charge on any atom is -0.481 e. The molecule has 6 heteroatoms. The fraction of sp³-hybridized carbons (Fsp3) is 0.263. The van der Waals surface area contributed by atoms with E-state index in [-0.39, 0.29) is 18.9 Å². The molecule has 3 rings (SSSR count). The lowest BCUT2D eigenvalue weighted by Crippen LogP contribution is -2.35. The number of carboxylic acid groups (broad SMARTS) is 1. The third-order valence-corrected chi connectivity index (χ3v) is 5.12. The van der Waals surface area contributed by atoms with Crippen molar-refractivity contribution in [2.75, 3.05) is 12.9 Å². The number of alkyl carbamates (subject to hydrolysis) is 1. The van der Waals surface area contributed by atoms with Crippen molar-refractivity contribution >= 4 is 23.8 Å². The number of aliphatic carboxylic acids is 1. The Labute approximate surface area is 150 Å². The number of carbonyl (C=O) groups is 2. The second-order valence-electron chi connectivity index (χ2n) is 5.79. The highest BCUT2D eigenvalue weighted by Gasteiger charge is 2.29. The van der Waals surface area contributed by atoms with Crippen LogP contribution in [0.2, 0.25) is 0 Å². The maximum absolute atomic E-state index is 12.0. The van der Waals surface area contributed by atoms with Gasteiger partial charge in [-0.3, -0.25) is 4.79 Å². The Morgan fingerprint density at radius 2 is 1.68 bits per heavy atom. The summed E-state index contributed by atoms with van der Waals surface area (Å²) in [5.41, 5.74) is 4.62. The van der Waals surface area contributed by atoms with Gasteiger partial charge in [-0.1, -0.05) is 48.5 Å². The van der Waals surface area contributed by atoms with E-state index < -0.39 is 17.4 Å². The minimum absolute atomic E-state index is 0.00893. The van der Waals surface area contributed by atoms with Crippen LogP contribution in [0.25, 0.3) is 11.1 Å². The van der Waals surface area contributed by atoms with Gasteiger partial charge in [0.1, 0.15) is 6.61 Å². The SMILES string of the molecule is CSC(CC(=O)O)NC(=O)OCC1c2ccccc2-c2ccccc21. The summed E-state index contributed by atoms with van der Waals surface area (Å²) in [4.78, 5) is 22.8. The molecule has 1 aliphatic rings. The van der Waals surface area contributed by atoms with Gasteiger partial charge in [0, 0.05) is 5.92 Å². The number of rotatable bonds is 6. The average Bonchev–Trinajstić information content (AvgIpc) is 2.93. The first-order valence-electron chi connectivity index (χ1n) is 7.96. The van der Waals surface area contributed by atoms with Crippen molar-refractivity contribution < 1.29 is 19.4 Å². The van der Waals surface area contributed by atoms with E-state index in [1.54, 1.807) is 6.26 Å². The molecule has 2 aromatic rings. The molecule has 0 radical (unpaired) electrons. The normalized spacial score (nSPS) is 13.6. The first kappa shape index (κ1) is 17.4. The Balaban J connectivity index is 1.69. The molecule has 0 aliphatic heterocycles. The van der Waals surface area contributed by atoms with Crippen molar-refractivity contribution in [3.8, 4) is 11.1 Å². The summed E-state index contributed by atoms with van der Waals surface area (Å²) in [5, 5.41) is 10.9. The largest absolute Gasteiger partial charge is 0.481 e. The zero-order valence-electron chi connectivity index (χ0n) is 13.8. The molecule has 0 saturated carbocycles. The van der Waals surface area contributed by atoms with Crippen molar-refractivity contribution in [1.82, 2.24) is 5.32 Å². The minimum atomic E-state index is -0.960. The van der Waals surface area contributed by atoms with Gasteiger partial charge in [0.05, 0.1) is 11.8 Å². The Morgan fingerprint density at radius 3 is 2.20 bits per heavy atom. The zero-order valence-corrected chi connectivity index (χ0v) is 14.6. The molecule has 1 amide bonds. The second kappa shape index (κ2) is 7.61. The topological polar surface area (TPSA) is 75.6 Å². The van der Waals surface area contributed by atoms with Crippen LogP contribution in [0.4, 0.5) is 4.79 Å². The molecule has 25 heavy (non-hydrogen) atoms. The van der Waals surface area contributed by atoms with Crippen LogP contribution in [0.15, 0.2) is 48.5 Å². The van der Waals surface area contributed by atoms with Gasteiger partial charge in [0.25, 0.3) is 0 Å². The standard InChI is InChI=1S/C19H19NO4S/c1-25-17(10-18(21)22)20-19(23)24-11-16-14-8-4-2-6-12(14)13-7-3-5-9-15(13)16/h2-9,16-17H,10-11H2,1H3,(H,20,23)(H,21,22). The number of benzene rings is 2. The van der Waals surface area contributed by atoms with Crippen molar-refractivity contribution in [2.24, 2.45) is 0 Å². The quantitative estimate of drug-likeness (QED) is 0.771. The van der Waals surface area contributed by atoms with Crippen LogP contribution in [0.3, 0.4) is 0 Å². The Hall–Kier alpha value is -2.47. The van der Waals surface area contributed by atoms with Gasteiger partial charge in [-0.05, 0) is 28.5 Å². The highest BCUT2D eigenvalue weighted by Crippen LogP contribution is 2.44. The Bertz CT molecular complexity index is 747. The number of hydrogen-bond donors (Lipinski definition) is 2. The maximum atomic E-state index is 12.0. The molecule has 0 saturated heterocycles. The molecular weight excluding hydrogens is 338 g/mol. The predicted octanol–water partition coefficient (Wildman–Crippen LogP) is 3.69. The summed E-state index contributed by atoms with van der Waals surface area (Å²) in [6.07, 6.45) is 1.00. The molecule has 1 unspecified atom stereocenters. The molecule has 130 valence electrons. The number of fused-ring (bicyclic) bond motifs is 3. The number of carbonyl (C=O) groups excluding carboxylic acids is 1. The third kappa shape index (κ3) is 3.79. The fourth-order valence-corrected chi connectivity index (χ4v) is 3.65. The summed E-state index contributed by atoms with van der Waals surface area (Å²) in [6.45, 7) is 0.216. The number of carboxylic acids is 1. The van der Waals surface area contributed by atoms with Crippen LogP contribution in [0.1, 0.15) is 23.5 Å². The monoisotopic (exact) mass is 357 g/mol. The van der Waals surface area contributed by atoms with Gasteiger partial charge >= 0.3 is 12.1 Å². The first-order valence-corrected chi connectivity index (χ1v) is 9.25. The van der Waals surface area contributed by atoms with Gasteiger partial charge in [-0.25, -0.2) is 4.79 Å².